The molecular formula is C15H25NO. The molecule has 17 heavy (non-hydrogen) atoms. The highest BCUT2D eigenvalue weighted by molar-refractivity contribution is 5.42. The summed E-state index contributed by atoms with van der Waals surface area (Å²) in [5.41, 5.74) is 5.68. The SMILES string of the molecule is COCNCC(C)(C)c1c(C)cc(C)cc1C. The zero-order chi connectivity index (χ0) is 13.1. The first-order chi connectivity index (χ1) is 7.88. The van der Waals surface area contributed by atoms with Crippen LogP contribution in [-0.2, 0) is 10.2 Å². The monoisotopic (exact) mass is 235 g/mol. The van der Waals surface area contributed by atoms with Crippen LogP contribution in [0.4, 0.5) is 0 Å². The van der Waals surface area contributed by atoms with E-state index in [1.165, 1.54) is 22.3 Å². The summed E-state index contributed by atoms with van der Waals surface area (Å²) in [5.74, 6) is 0. The van der Waals surface area contributed by atoms with Crippen LogP contribution in [0.25, 0.3) is 0 Å². The zero-order valence-corrected chi connectivity index (χ0v) is 12.0. The lowest BCUT2D eigenvalue weighted by molar-refractivity contribution is 0.169. The van der Waals surface area contributed by atoms with Crippen LogP contribution < -0.4 is 5.32 Å². The molecule has 0 aliphatic rings. The summed E-state index contributed by atoms with van der Waals surface area (Å²) < 4.78 is 5.04. The molecule has 0 fully saturated rings. The first-order valence-corrected chi connectivity index (χ1v) is 6.16. The van der Waals surface area contributed by atoms with Gasteiger partial charge in [-0.25, -0.2) is 0 Å². The fourth-order valence-corrected chi connectivity index (χ4v) is 2.80. The summed E-state index contributed by atoms with van der Waals surface area (Å²) in [6.07, 6.45) is 0. The number of methoxy groups -OCH3 is 1. The van der Waals surface area contributed by atoms with Gasteiger partial charge < -0.3 is 4.74 Å². The van der Waals surface area contributed by atoms with E-state index in [1.807, 2.05) is 0 Å². The molecule has 0 atom stereocenters. The lowest BCUT2D eigenvalue weighted by Crippen LogP contribution is -2.35. The Kier molecular flexibility index (Phi) is 4.72. The van der Waals surface area contributed by atoms with Crippen LogP contribution in [0.5, 0.6) is 0 Å². The van der Waals surface area contributed by atoms with Gasteiger partial charge in [-0.1, -0.05) is 31.5 Å². The molecular weight excluding hydrogens is 210 g/mol. The third kappa shape index (κ3) is 3.55. The Morgan fingerprint density at radius 1 is 1.12 bits per heavy atom. The van der Waals surface area contributed by atoms with Gasteiger partial charge in [0.05, 0.1) is 6.73 Å². The average molecular weight is 235 g/mol. The van der Waals surface area contributed by atoms with Crippen molar-refractivity contribution in [3.8, 4) is 0 Å². The zero-order valence-electron chi connectivity index (χ0n) is 12.0. The van der Waals surface area contributed by atoms with Gasteiger partial charge in [0.15, 0.2) is 0 Å². The van der Waals surface area contributed by atoms with Gasteiger partial charge in [-0.05, 0) is 37.5 Å². The molecule has 96 valence electrons. The van der Waals surface area contributed by atoms with Gasteiger partial charge in [0.25, 0.3) is 0 Å². The molecule has 1 aromatic rings. The van der Waals surface area contributed by atoms with Crippen molar-refractivity contribution in [2.75, 3.05) is 20.4 Å². The van der Waals surface area contributed by atoms with Crippen molar-refractivity contribution in [1.82, 2.24) is 5.32 Å². The van der Waals surface area contributed by atoms with Crippen LogP contribution in [-0.4, -0.2) is 20.4 Å². The molecule has 1 N–H and O–H groups in total. The van der Waals surface area contributed by atoms with Crippen molar-refractivity contribution in [2.24, 2.45) is 0 Å². The van der Waals surface area contributed by atoms with Crippen molar-refractivity contribution in [3.05, 3.63) is 34.4 Å². The third-order valence-corrected chi connectivity index (χ3v) is 3.17. The maximum atomic E-state index is 5.04. The lowest BCUT2D eigenvalue weighted by Gasteiger charge is -2.29. The molecule has 0 radical (unpaired) electrons. The predicted octanol–water partition coefficient (Wildman–Crippen LogP) is 3.08. The highest BCUT2D eigenvalue weighted by Gasteiger charge is 2.24. The third-order valence-electron chi connectivity index (χ3n) is 3.17. The van der Waals surface area contributed by atoms with Gasteiger partial charge in [-0.15, -0.1) is 0 Å². The largest absolute Gasteiger partial charge is 0.370 e. The Morgan fingerprint density at radius 3 is 2.12 bits per heavy atom. The van der Waals surface area contributed by atoms with Crippen molar-refractivity contribution < 1.29 is 4.74 Å². The molecule has 1 aromatic carbocycles. The Labute approximate surface area is 105 Å². The summed E-state index contributed by atoms with van der Waals surface area (Å²) in [5, 5.41) is 3.32. The predicted molar refractivity (Wildman–Crippen MR) is 73.6 cm³/mol. The van der Waals surface area contributed by atoms with E-state index in [9.17, 15) is 0 Å². The van der Waals surface area contributed by atoms with Crippen molar-refractivity contribution in [3.63, 3.8) is 0 Å². The summed E-state index contributed by atoms with van der Waals surface area (Å²) in [4.78, 5) is 0. The normalized spacial score (nSPS) is 11.9. The molecule has 0 saturated heterocycles. The summed E-state index contributed by atoms with van der Waals surface area (Å²) >= 11 is 0. The van der Waals surface area contributed by atoms with E-state index in [1.54, 1.807) is 7.11 Å². The average Bonchev–Trinajstić information content (AvgIpc) is 2.15. The first kappa shape index (κ1) is 14.2. The van der Waals surface area contributed by atoms with Crippen molar-refractivity contribution in [1.29, 1.82) is 0 Å². The molecule has 0 aromatic heterocycles. The molecule has 0 aliphatic carbocycles. The second-order valence-electron chi connectivity index (χ2n) is 5.52. The van der Waals surface area contributed by atoms with Gasteiger partial charge in [0, 0.05) is 19.1 Å². The maximum Gasteiger partial charge on any atom is 0.0961 e. The molecule has 0 spiro atoms. The Balaban J connectivity index is 2.97. The molecule has 0 aliphatic heterocycles. The second kappa shape index (κ2) is 5.65. The Morgan fingerprint density at radius 2 is 1.65 bits per heavy atom. The minimum atomic E-state index is 0.125. The van der Waals surface area contributed by atoms with Gasteiger partial charge in [-0.3, -0.25) is 5.32 Å². The molecule has 2 nitrogen and oxygen atoms in total. The molecule has 0 unspecified atom stereocenters. The van der Waals surface area contributed by atoms with E-state index in [2.05, 4.69) is 52.1 Å². The minimum Gasteiger partial charge on any atom is -0.370 e. The maximum absolute atomic E-state index is 5.04. The lowest BCUT2D eigenvalue weighted by atomic mass is 9.79. The minimum absolute atomic E-state index is 0.125. The van der Waals surface area contributed by atoms with Crippen molar-refractivity contribution >= 4 is 0 Å². The Bertz CT molecular complexity index is 360. The van der Waals surface area contributed by atoms with Crippen LogP contribution in [0, 0.1) is 20.8 Å². The Hall–Kier alpha value is -0.860. The number of benzene rings is 1. The van der Waals surface area contributed by atoms with E-state index >= 15 is 0 Å². The van der Waals surface area contributed by atoms with Crippen LogP contribution in [0.3, 0.4) is 0 Å². The van der Waals surface area contributed by atoms with Crippen LogP contribution in [0.1, 0.15) is 36.1 Å². The summed E-state index contributed by atoms with van der Waals surface area (Å²) in [6, 6.07) is 4.53. The highest BCUT2D eigenvalue weighted by Crippen LogP contribution is 2.29. The topological polar surface area (TPSA) is 21.3 Å². The van der Waals surface area contributed by atoms with Crippen LogP contribution >= 0.6 is 0 Å². The molecule has 0 bridgehead atoms. The standard InChI is InChI=1S/C15H25NO/c1-11-7-12(2)14(13(3)8-11)15(4,5)9-16-10-17-6/h7-8,16H,9-10H2,1-6H3. The number of nitrogens with one attached hydrogen (secondary N) is 1. The smallest absolute Gasteiger partial charge is 0.0961 e. The number of aryl methyl sites for hydroxylation is 3. The highest BCUT2D eigenvalue weighted by atomic mass is 16.5. The summed E-state index contributed by atoms with van der Waals surface area (Å²) in [6.45, 7) is 12.6. The number of ether oxygens (including phenoxy) is 1. The molecule has 2 heteroatoms. The number of hydrogen-bond acceptors (Lipinski definition) is 2. The van der Waals surface area contributed by atoms with Crippen LogP contribution in [0.15, 0.2) is 12.1 Å². The second-order valence-corrected chi connectivity index (χ2v) is 5.52. The van der Waals surface area contributed by atoms with E-state index in [-0.39, 0.29) is 5.41 Å². The fourth-order valence-electron chi connectivity index (χ4n) is 2.80. The number of hydrogen-bond donors (Lipinski definition) is 1. The molecule has 0 heterocycles. The van der Waals surface area contributed by atoms with Gasteiger partial charge in [0.2, 0.25) is 0 Å². The van der Waals surface area contributed by atoms with E-state index < -0.39 is 0 Å². The van der Waals surface area contributed by atoms with E-state index in [0.717, 1.165) is 6.54 Å². The summed E-state index contributed by atoms with van der Waals surface area (Å²) in [7, 11) is 1.71. The van der Waals surface area contributed by atoms with Gasteiger partial charge in [0.1, 0.15) is 0 Å². The van der Waals surface area contributed by atoms with Gasteiger partial charge >= 0.3 is 0 Å². The van der Waals surface area contributed by atoms with Crippen LogP contribution in [0.2, 0.25) is 0 Å². The van der Waals surface area contributed by atoms with E-state index in [0.29, 0.717) is 6.73 Å². The number of rotatable bonds is 5. The van der Waals surface area contributed by atoms with Crippen molar-refractivity contribution in [2.45, 2.75) is 40.0 Å². The molecule has 1 rings (SSSR count). The molecule has 0 amide bonds. The first-order valence-electron chi connectivity index (χ1n) is 6.16. The quantitative estimate of drug-likeness (QED) is 0.625. The molecule has 0 saturated carbocycles. The van der Waals surface area contributed by atoms with Gasteiger partial charge in [-0.2, -0.15) is 0 Å². The fraction of sp³-hybridized carbons (Fsp3) is 0.600. The van der Waals surface area contributed by atoms with E-state index in [4.69, 9.17) is 4.74 Å².